The van der Waals surface area contributed by atoms with Crippen LogP contribution in [0.2, 0.25) is 0 Å². The number of hydrogen-bond acceptors (Lipinski definition) is 0. The van der Waals surface area contributed by atoms with Gasteiger partial charge >= 0.3 is 0 Å². The molecule has 5 aromatic carbocycles. The average molecular weight is 711 g/mol. The first-order valence-electron chi connectivity index (χ1n) is 22.4. The summed E-state index contributed by atoms with van der Waals surface area (Å²) in [5.41, 5.74) is 18.0. The van der Waals surface area contributed by atoms with E-state index in [2.05, 4.69) is 109 Å². The van der Waals surface area contributed by atoms with E-state index in [-0.39, 0.29) is 0 Å². The Labute approximate surface area is 326 Å². The Morgan fingerprint density at radius 1 is 0.222 bits per heavy atom. The lowest BCUT2D eigenvalue weighted by molar-refractivity contribution is 0.444. The topological polar surface area (TPSA) is 0 Å². The molecule has 4 aliphatic carbocycles. The van der Waals surface area contributed by atoms with E-state index in [0.717, 1.165) is 0 Å². The highest BCUT2D eigenvalue weighted by molar-refractivity contribution is 5.97. The van der Waals surface area contributed by atoms with Gasteiger partial charge in [0.05, 0.1) is 0 Å². The zero-order valence-corrected chi connectivity index (χ0v) is 32.8. The summed E-state index contributed by atoms with van der Waals surface area (Å²) in [5.74, 6) is 2.56. The molecule has 0 radical (unpaired) electrons. The first kappa shape index (κ1) is 35.8. The fourth-order valence-electron chi connectivity index (χ4n) is 11.5. The summed E-state index contributed by atoms with van der Waals surface area (Å²) in [5, 5.41) is 0. The highest BCUT2D eigenvalue weighted by Crippen LogP contribution is 2.51. The van der Waals surface area contributed by atoms with Crippen LogP contribution >= 0.6 is 0 Å². The van der Waals surface area contributed by atoms with Crippen LogP contribution < -0.4 is 0 Å². The van der Waals surface area contributed by atoms with Crippen molar-refractivity contribution >= 4 is 0 Å². The molecule has 0 aromatic heterocycles. The summed E-state index contributed by atoms with van der Waals surface area (Å²) in [6.45, 7) is 0. The van der Waals surface area contributed by atoms with Gasteiger partial charge in [-0.3, -0.25) is 0 Å². The summed E-state index contributed by atoms with van der Waals surface area (Å²) in [6, 6.07) is 43.9. The van der Waals surface area contributed by atoms with Crippen LogP contribution in [0.4, 0.5) is 0 Å². The Morgan fingerprint density at radius 2 is 0.426 bits per heavy atom. The van der Waals surface area contributed by atoms with Crippen LogP contribution in [-0.4, -0.2) is 0 Å². The Bertz CT molecular complexity index is 1720. The van der Waals surface area contributed by atoms with Gasteiger partial charge < -0.3 is 0 Å². The molecule has 0 nitrogen and oxygen atoms in total. The third kappa shape index (κ3) is 7.40. The van der Waals surface area contributed by atoms with E-state index in [0.29, 0.717) is 23.7 Å². The van der Waals surface area contributed by atoms with Crippen LogP contribution in [-0.2, 0) is 0 Å². The molecule has 4 aliphatic rings. The van der Waals surface area contributed by atoms with Crippen molar-refractivity contribution in [2.75, 3.05) is 0 Å². The third-order valence-electron chi connectivity index (χ3n) is 14.3. The fraction of sp³-hybridized carbons (Fsp3) is 0.444. The van der Waals surface area contributed by atoms with Crippen LogP contribution in [0.15, 0.2) is 109 Å². The second-order valence-corrected chi connectivity index (χ2v) is 17.6. The molecular formula is C54H62. The largest absolute Gasteiger partial charge is 0.0619 e. The van der Waals surface area contributed by atoms with E-state index in [1.807, 2.05) is 0 Å². The van der Waals surface area contributed by atoms with Gasteiger partial charge in [0.2, 0.25) is 0 Å². The molecule has 0 atom stereocenters. The number of hydrogen-bond donors (Lipinski definition) is 0. The van der Waals surface area contributed by atoms with Crippen molar-refractivity contribution in [2.24, 2.45) is 0 Å². The van der Waals surface area contributed by atoms with Crippen molar-refractivity contribution in [1.82, 2.24) is 0 Å². The summed E-state index contributed by atoms with van der Waals surface area (Å²) in [4.78, 5) is 0. The van der Waals surface area contributed by atoms with Crippen LogP contribution in [0, 0.1) is 0 Å². The Morgan fingerprint density at radius 3 is 0.648 bits per heavy atom. The highest BCUT2D eigenvalue weighted by Gasteiger charge is 2.28. The minimum absolute atomic E-state index is 0.640. The summed E-state index contributed by atoms with van der Waals surface area (Å²) in [7, 11) is 0. The maximum atomic E-state index is 2.71. The second kappa shape index (κ2) is 16.9. The van der Waals surface area contributed by atoms with E-state index in [4.69, 9.17) is 0 Å². The van der Waals surface area contributed by atoms with Crippen LogP contribution in [0.5, 0.6) is 0 Å². The van der Waals surface area contributed by atoms with E-state index in [1.54, 1.807) is 22.3 Å². The zero-order valence-electron chi connectivity index (χ0n) is 32.8. The third-order valence-corrected chi connectivity index (χ3v) is 14.3. The quantitative estimate of drug-likeness (QED) is 0.150. The monoisotopic (exact) mass is 710 g/mol. The Kier molecular flexibility index (Phi) is 11.2. The molecule has 0 saturated heterocycles. The average Bonchev–Trinajstić information content (AvgIpc) is 3.27. The van der Waals surface area contributed by atoms with Gasteiger partial charge in [0.1, 0.15) is 0 Å². The zero-order chi connectivity index (χ0) is 36.1. The van der Waals surface area contributed by atoms with Gasteiger partial charge in [-0.2, -0.15) is 0 Å². The van der Waals surface area contributed by atoms with Crippen molar-refractivity contribution in [1.29, 1.82) is 0 Å². The molecule has 54 heavy (non-hydrogen) atoms. The van der Waals surface area contributed by atoms with Gasteiger partial charge in [0, 0.05) is 0 Å². The van der Waals surface area contributed by atoms with Crippen molar-refractivity contribution in [3.05, 3.63) is 131 Å². The summed E-state index contributed by atoms with van der Waals surface area (Å²) in [6.07, 6.45) is 26.9. The maximum Gasteiger partial charge on any atom is -0.00958 e. The van der Waals surface area contributed by atoms with E-state index in [9.17, 15) is 0 Å². The molecular weight excluding hydrogens is 649 g/mol. The number of rotatable bonds is 8. The normalized spacial score (nSPS) is 19.6. The highest BCUT2D eigenvalue weighted by atomic mass is 14.3. The standard InChI is InChI=1S/C54H62/c1-5-21-39(22-6-1)43-29-13-17-33-47(43)51-37-53(49-35-19-15-31-45(49)41-25-9-3-10-26-41)54(50-36-20-16-32-46(50)42-27-11-4-12-28-42)38-52(51)48-34-18-14-30-44(48)40-23-7-2-8-24-40/h13-20,29-42H,1-12,21-28H2. The van der Waals surface area contributed by atoms with Crippen molar-refractivity contribution in [3.63, 3.8) is 0 Å². The molecule has 0 heterocycles. The molecule has 0 N–H and O–H groups in total. The minimum atomic E-state index is 0.640. The van der Waals surface area contributed by atoms with Gasteiger partial charge in [-0.05, 0) is 154 Å². The van der Waals surface area contributed by atoms with Gasteiger partial charge in [-0.1, -0.05) is 174 Å². The SMILES string of the molecule is c1ccc(C2CCCCC2)c(-c2cc(-c3ccccc3C3CCCCC3)c(-c3ccccc3C3CCCCC3)cc2-c2ccccc2C2CCCCC2)c1. The summed E-state index contributed by atoms with van der Waals surface area (Å²) < 4.78 is 0. The van der Waals surface area contributed by atoms with E-state index < -0.39 is 0 Å². The molecule has 4 fully saturated rings. The van der Waals surface area contributed by atoms with Crippen molar-refractivity contribution in [3.8, 4) is 44.5 Å². The molecule has 5 aromatic rings. The fourth-order valence-corrected chi connectivity index (χ4v) is 11.5. The molecule has 0 aliphatic heterocycles. The Hall–Kier alpha value is -3.90. The van der Waals surface area contributed by atoms with E-state index >= 15 is 0 Å². The van der Waals surface area contributed by atoms with Crippen LogP contribution in [0.3, 0.4) is 0 Å². The lowest BCUT2D eigenvalue weighted by Crippen LogP contribution is -2.09. The molecule has 0 amide bonds. The minimum Gasteiger partial charge on any atom is -0.0619 e. The van der Waals surface area contributed by atoms with Crippen molar-refractivity contribution < 1.29 is 0 Å². The van der Waals surface area contributed by atoms with E-state index in [1.165, 1.54) is 173 Å². The van der Waals surface area contributed by atoms with Gasteiger partial charge in [-0.15, -0.1) is 0 Å². The second-order valence-electron chi connectivity index (χ2n) is 17.6. The molecule has 0 heteroatoms. The molecule has 4 saturated carbocycles. The Balaban J connectivity index is 1.34. The van der Waals surface area contributed by atoms with Gasteiger partial charge in [-0.25, -0.2) is 0 Å². The number of benzene rings is 5. The smallest absolute Gasteiger partial charge is 0.00958 e. The predicted molar refractivity (Wildman–Crippen MR) is 231 cm³/mol. The predicted octanol–water partition coefficient (Wildman–Crippen LogP) is 16.5. The van der Waals surface area contributed by atoms with Gasteiger partial charge in [0.15, 0.2) is 0 Å². The van der Waals surface area contributed by atoms with Gasteiger partial charge in [0.25, 0.3) is 0 Å². The van der Waals surface area contributed by atoms with Crippen LogP contribution in [0.1, 0.15) is 174 Å². The first-order valence-corrected chi connectivity index (χ1v) is 22.4. The summed E-state index contributed by atoms with van der Waals surface area (Å²) >= 11 is 0. The lowest BCUT2D eigenvalue weighted by Gasteiger charge is -2.30. The van der Waals surface area contributed by atoms with Crippen molar-refractivity contribution in [2.45, 2.75) is 152 Å². The molecule has 0 spiro atoms. The molecule has 9 rings (SSSR count). The molecule has 0 unspecified atom stereocenters. The lowest BCUT2D eigenvalue weighted by atomic mass is 9.74. The molecule has 278 valence electrons. The molecule has 0 bridgehead atoms. The first-order chi connectivity index (χ1) is 26.8. The maximum absolute atomic E-state index is 2.71. The van der Waals surface area contributed by atoms with Crippen LogP contribution in [0.25, 0.3) is 44.5 Å².